The second-order valence-electron chi connectivity index (χ2n) is 7.51. The molecule has 30 heavy (non-hydrogen) atoms. The van der Waals surface area contributed by atoms with Crippen LogP contribution in [0.1, 0.15) is 62.2 Å². The molecule has 1 N–H and O–H groups in total. The topological polar surface area (TPSA) is 67.9 Å². The minimum absolute atomic E-state index is 0.250. The molecular weight excluding hydrogens is 380 g/mol. The molecule has 0 saturated heterocycles. The predicted molar refractivity (Wildman–Crippen MR) is 122 cm³/mol. The SMILES string of the molecule is CCOC(=O)/C=C/CCCCCCCCNc1ccc(C(=O)OCCN(C)C)cc1. The fourth-order valence-corrected chi connectivity index (χ4v) is 2.83. The number of esters is 2. The summed E-state index contributed by atoms with van der Waals surface area (Å²) in [4.78, 5) is 25.1. The molecule has 0 radical (unpaired) electrons. The minimum atomic E-state index is -0.278. The van der Waals surface area contributed by atoms with Crippen LogP contribution in [0.15, 0.2) is 36.4 Å². The summed E-state index contributed by atoms with van der Waals surface area (Å²) in [5, 5.41) is 3.40. The van der Waals surface area contributed by atoms with Gasteiger partial charge in [0.05, 0.1) is 12.2 Å². The summed E-state index contributed by atoms with van der Waals surface area (Å²) in [7, 11) is 3.89. The monoisotopic (exact) mass is 418 g/mol. The van der Waals surface area contributed by atoms with Crippen LogP contribution in [0.25, 0.3) is 0 Å². The molecular formula is C24H38N2O4. The number of likely N-dealkylation sites (N-methyl/N-ethyl adjacent to an activating group) is 1. The fraction of sp³-hybridized carbons (Fsp3) is 0.583. The molecule has 6 heteroatoms. The Hall–Kier alpha value is -2.34. The van der Waals surface area contributed by atoms with Crippen molar-refractivity contribution in [3.8, 4) is 0 Å². The largest absolute Gasteiger partial charge is 0.463 e. The van der Waals surface area contributed by atoms with Crippen LogP contribution in [0.5, 0.6) is 0 Å². The maximum absolute atomic E-state index is 12.0. The fourth-order valence-electron chi connectivity index (χ4n) is 2.83. The van der Waals surface area contributed by atoms with Crippen LogP contribution in [0.3, 0.4) is 0 Å². The summed E-state index contributed by atoms with van der Waals surface area (Å²) >= 11 is 0. The lowest BCUT2D eigenvalue weighted by molar-refractivity contribution is -0.137. The Labute approximate surface area is 181 Å². The Balaban J connectivity index is 2.04. The molecule has 0 fully saturated rings. The quantitative estimate of drug-likeness (QED) is 0.239. The third-order valence-electron chi connectivity index (χ3n) is 4.56. The van der Waals surface area contributed by atoms with Crippen molar-refractivity contribution in [3.63, 3.8) is 0 Å². The van der Waals surface area contributed by atoms with Gasteiger partial charge in [-0.25, -0.2) is 9.59 Å². The van der Waals surface area contributed by atoms with Gasteiger partial charge >= 0.3 is 11.9 Å². The zero-order valence-electron chi connectivity index (χ0n) is 18.8. The van der Waals surface area contributed by atoms with Gasteiger partial charge in [0.15, 0.2) is 0 Å². The Morgan fingerprint density at radius 2 is 1.63 bits per heavy atom. The van der Waals surface area contributed by atoms with E-state index < -0.39 is 0 Å². The summed E-state index contributed by atoms with van der Waals surface area (Å²) in [6, 6.07) is 7.45. The van der Waals surface area contributed by atoms with Crippen molar-refractivity contribution in [1.82, 2.24) is 4.90 Å². The van der Waals surface area contributed by atoms with E-state index in [-0.39, 0.29) is 11.9 Å². The van der Waals surface area contributed by atoms with Crippen LogP contribution >= 0.6 is 0 Å². The van der Waals surface area contributed by atoms with Gasteiger partial charge in [0.2, 0.25) is 0 Å². The second-order valence-corrected chi connectivity index (χ2v) is 7.51. The van der Waals surface area contributed by atoms with Gasteiger partial charge in [-0.3, -0.25) is 0 Å². The van der Waals surface area contributed by atoms with Gasteiger partial charge in [0, 0.05) is 24.9 Å². The third kappa shape index (κ3) is 13.0. The van der Waals surface area contributed by atoms with E-state index in [1.54, 1.807) is 12.1 Å². The lowest BCUT2D eigenvalue weighted by atomic mass is 10.1. The molecule has 6 nitrogen and oxygen atoms in total. The first-order valence-electron chi connectivity index (χ1n) is 11.0. The highest BCUT2D eigenvalue weighted by Crippen LogP contribution is 2.12. The maximum atomic E-state index is 12.0. The van der Waals surface area contributed by atoms with Crippen LogP contribution in [0, 0.1) is 0 Å². The second kappa shape index (κ2) is 16.5. The molecule has 0 saturated carbocycles. The minimum Gasteiger partial charge on any atom is -0.463 e. The number of nitrogens with zero attached hydrogens (tertiary/aromatic N) is 1. The zero-order valence-corrected chi connectivity index (χ0v) is 18.8. The molecule has 1 rings (SSSR count). The van der Waals surface area contributed by atoms with Gasteiger partial charge in [-0.2, -0.15) is 0 Å². The first kappa shape index (κ1) is 25.7. The number of ether oxygens (including phenoxy) is 2. The van der Waals surface area contributed by atoms with Gasteiger partial charge in [-0.05, 0) is 64.5 Å². The van der Waals surface area contributed by atoms with Crippen molar-refractivity contribution in [2.24, 2.45) is 0 Å². The van der Waals surface area contributed by atoms with E-state index in [1.165, 1.54) is 31.8 Å². The van der Waals surface area contributed by atoms with Crippen molar-refractivity contribution in [2.75, 3.05) is 45.7 Å². The van der Waals surface area contributed by atoms with Crippen LogP contribution in [0.4, 0.5) is 5.69 Å². The Morgan fingerprint density at radius 1 is 0.967 bits per heavy atom. The van der Waals surface area contributed by atoms with Crippen molar-refractivity contribution < 1.29 is 19.1 Å². The molecule has 0 unspecified atom stereocenters. The molecule has 0 aliphatic rings. The molecule has 0 heterocycles. The normalized spacial score (nSPS) is 11.1. The van der Waals surface area contributed by atoms with E-state index in [1.807, 2.05) is 44.1 Å². The van der Waals surface area contributed by atoms with Crippen molar-refractivity contribution in [3.05, 3.63) is 42.0 Å². The summed E-state index contributed by atoms with van der Waals surface area (Å²) in [6.07, 6.45) is 11.4. The molecule has 0 amide bonds. The molecule has 168 valence electrons. The lowest BCUT2D eigenvalue weighted by Crippen LogP contribution is -2.20. The highest BCUT2D eigenvalue weighted by molar-refractivity contribution is 5.89. The van der Waals surface area contributed by atoms with E-state index in [4.69, 9.17) is 9.47 Å². The number of carbonyl (C=O) groups is 2. The number of hydrogen-bond donors (Lipinski definition) is 1. The molecule has 0 aromatic heterocycles. The van der Waals surface area contributed by atoms with Gasteiger partial charge in [-0.15, -0.1) is 0 Å². The van der Waals surface area contributed by atoms with E-state index in [2.05, 4.69) is 5.32 Å². The molecule has 0 aliphatic heterocycles. The Kier molecular flexibility index (Phi) is 14.1. The smallest absolute Gasteiger partial charge is 0.338 e. The number of hydrogen-bond acceptors (Lipinski definition) is 6. The number of nitrogens with one attached hydrogen (secondary N) is 1. The highest BCUT2D eigenvalue weighted by atomic mass is 16.5. The van der Waals surface area contributed by atoms with Crippen LogP contribution in [0.2, 0.25) is 0 Å². The number of unbranched alkanes of at least 4 members (excludes halogenated alkanes) is 6. The van der Waals surface area contributed by atoms with E-state index in [9.17, 15) is 9.59 Å². The van der Waals surface area contributed by atoms with E-state index in [0.29, 0.717) is 18.8 Å². The van der Waals surface area contributed by atoms with Crippen LogP contribution in [-0.4, -0.2) is 57.2 Å². The standard InChI is InChI=1S/C24H38N2O4/c1-4-29-23(27)13-11-9-7-5-6-8-10-12-18-25-22-16-14-21(15-17-22)24(28)30-20-19-26(2)3/h11,13-17,25H,4-10,12,18-20H2,1-3H3/b13-11+. The zero-order chi connectivity index (χ0) is 22.0. The molecule has 1 aromatic carbocycles. The summed E-state index contributed by atoms with van der Waals surface area (Å²) in [5.74, 6) is -0.528. The summed E-state index contributed by atoms with van der Waals surface area (Å²) < 4.78 is 10.1. The molecule has 0 spiro atoms. The summed E-state index contributed by atoms with van der Waals surface area (Å²) in [5.41, 5.74) is 1.60. The van der Waals surface area contributed by atoms with E-state index in [0.717, 1.165) is 38.0 Å². The molecule has 0 aliphatic carbocycles. The van der Waals surface area contributed by atoms with E-state index >= 15 is 0 Å². The van der Waals surface area contributed by atoms with Crippen molar-refractivity contribution >= 4 is 17.6 Å². The molecule has 1 aromatic rings. The van der Waals surface area contributed by atoms with Crippen molar-refractivity contribution in [2.45, 2.75) is 51.9 Å². The lowest BCUT2D eigenvalue weighted by Gasteiger charge is -2.10. The number of anilines is 1. The predicted octanol–water partition coefficient (Wildman–Crippen LogP) is 4.67. The number of benzene rings is 1. The average molecular weight is 419 g/mol. The molecule has 0 bridgehead atoms. The highest BCUT2D eigenvalue weighted by Gasteiger charge is 2.06. The number of rotatable bonds is 16. The first-order valence-corrected chi connectivity index (χ1v) is 11.0. The number of carbonyl (C=O) groups excluding carboxylic acids is 2. The average Bonchev–Trinajstić information content (AvgIpc) is 2.72. The Bertz CT molecular complexity index is 627. The van der Waals surface area contributed by atoms with Crippen molar-refractivity contribution in [1.29, 1.82) is 0 Å². The van der Waals surface area contributed by atoms with Gasteiger partial charge in [-0.1, -0.05) is 31.8 Å². The summed E-state index contributed by atoms with van der Waals surface area (Å²) in [6.45, 7) is 4.28. The van der Waals surface area contributed by atoms with Crippen LogP contribution in [-0.2, 0) is 14.3 Å². The number of allylic oxidation sites excluding steroid dienone is 1. The maximum Gasteiger partial charge on any atom is 0.338 e. The van der Waals surface area contributed by atoms with Gasteiger partial charge in [0.1, 0.15) is 6.61 Å². The van der Waals surface area contributed by atoms with Gasteiger partial charge < -0.3 is 19.7 Å². The first-order chi connectivity index (χ1) is 14.5. The van der Waals surface area contributed by atoms with Crippen LogP contribution < -0.4 is 5.32 Å². The Morgan fingerprint density at radius 3 is 2.30 bits per heavy atom. The molecule has 0 atom stereocenters. The third-order valence-corrected chi connectivity index (χ3v) is 4.56. The van der Waals surface area contributed by atoms with Gasteiger partial charge in [0.25, 0.3) is 0 Å².